The van der Waals surface area contributed by atoms with Gasteiger partial charge in [-0.25, -0.2) is 4.68 Å². The Bertz CT molecular complexity index is 1490. The van der Waals surface area contributed by atoms with Crippen LogP contribution in [0.5, 0.6) is 0 Å². The van der Waals surface area contributed by atoms with E-state index in [0.29, 0.717) is 32.8 Å². The van der Waals surface area contributed by atoms with E-state index < -0.39 is 6.04 Å². The summed E-state index contributed by atoms with van der Waals surface area (Å²) in [5.41, 5.74) is 4.28. The molecule has 6 nitrogen and oxygen atoms in total. The van der Waals surface area contributed by atoms with Gasteiger partial charge in [-0.3, -0.25) is 9.78 Å². The number of aliphatic hydroxyl groups excluding tert-OH is 1. The second-order valence-electron chi connectivity index (χ2n) is 8.80. The average molecular weight is 586 g/mol. The van der Waals surface area contributed by atoms with Crippen LogP contribution in [0.25, 0.3) is 16.9 Å². The number of thioether (sulfide) groups is 1. The molecular weight excluding hydrogens is 563 g/mol. The van der Waals surface area contributed by atoms with Crippen LogP contribution in [0.1, 0.15) is 22.9 Å². The van der Waals surface area contributed by atoms with Crippen molar-refractivity contribution in [3.8, 4) is 16.9 Å². The Morgan fingerprint density at radius 3 is 2.71 bits per heavy atom. The molecule has 1 aliphatic heterocycles. The van der Waals surface area contributed by atoms with Gasteiger partial charge >= 0.3 is 0 Å². The zero-order chi connectivity index (χ0) is 26.6. The van der Waals surface area contributed by atoms with Gasteiger partial charge in [0, 0.05) is 23.0 Å². The molecule has 2 aromatic carbocycles. The van der Waals surface area contributed by atoms with Crippen molar-refractivity contribution >= 4 is 52.5 Å². The largest absolute Gasteiger partial charge is 0.394 e. The summed E-state index contributed by atoms with van der Waals surface area (Å²) in [6, 6.07) is 18.2. The van der Waals surface area contributed by atoms with E-state index in [0.717, 1.165) is 28.2 Å². The molecule has 0 saturated carbocycles. The summed E-state index contributed by atoms with van der Waals surface area (Å²) in [5, 5.41) is 19.1. The molecule has 2 atom stereocenters. The molecule has 0 saturated heterocycles. The summed E-state index contributed by atoms with van der Waals surface area (Å²) < 4.78 is 1.84. The van der Waals surface area contributed by atoms with Gasteiger partial charge in [0.15, 0.2) is 0 Å². The third kappa shape index (κ3) is 6.08. The Kier molecular flexibility index (Phi) is 8.41. The molecule has 4 aromatic rings. The van der Waals surface area contributed by atoms with Crippen LogP contribution in [0.4, 0.5) is 0 Å². The Labute approximate surface area is 239 Å². The molecule has 38 heavy (non-hydrogen) atoms. The van der Waals surface area contributed by atoms with Gasteiger partial charge in [-0.05, 0) is 66.9 Å². The van der Waals surface area contributed by atoms with Crippen LogP contribution < -0.4 is 5.32 Å². The van der Waals surface area contributed by atoms with Crippen molar-refractivity contribution in [2.24, 2.45) is 0 Å². The maximum atomic E-state index is 13.1. The normalized spacial score (nSPS) is 15.8. The Hall–Kier alpha value is -2.81. The van der Waals surface area contributed by atoms with Crippen molar-refractivity contribution in [2.75, 3.05) is 6.61 Å². The maximum Gasteiger partial charge on any atom is 0.257 e. The number of pyridine rings is 1. The number of benzene rings is 2. The second kappa shape index (κ2) is 11.9. The number of aliphatic hydroxyl groups is 1. The molecule has 0 aliphatic carbocycles. The number of nitrogens with zero attached hydrogens (tertiary/aromatic N) is 3. The van der Waals surface area contributed by atoms with Gasteiger partial charge in [-0.2, -0.15) is 5.10 Å². The third-order valence-corrected chi connectivity index (χ3v) is 8.41. The van der Waals surface area contributed by atoms with Gasteiger partial charge in [0.05, 0.1) is 49.9 Å². The first-order valence-corrected chi connectivity index (χ1v) is 13.9. The summed E-state index contributed by atoms with van der Waals surface area (Å²) in [7, 11) is 0. The number of rotatable bonds is 8. The van der Waals surface area contributed by atoms with E-state index in [1.54, 1.807) is 30.6 Å². The first-order valence-electron chi connectivity index (χ1n) is 11.9. The Balaban J connectivity index is 1.36. The van der Waals surface area contributed by atoms with Crippen molar-refractivity contribution in [1.82, 2.24) is 20.1 Å². The molecule has 2 N–H and O–H groups in total. The predicted molar refractivity (Wildman–Crippen MR) is 154 cm³/mol. The second-order valence-corrected chi connectivity index (χ2v) is 11.3. The van der Waals surface area contributed by atoms with Crippen molar-refractivity contribution in [2.45, 2.75) is 24.1 Å². The molecule has 194 valence electrons. The summed E-state index contributed by atoms with van der Waals surface area (Å²) in [6.07, 6.45) is 6.52. The maximum absolute atomic E-state index is 13.1. The van der Waals surface area contributed by atoms with E-state index in [4.69, 9.17) is 39.9 Å². The minimum Gasteiger partial charge on any atom is -0.394 e. The predicted octanol–water partition coefficient (Wildman–Crippen LogP) is 6.68. The molecule has 1 aliphatic rings. The lowest BCUT2D eigenvalue weighted by molar-refractivity contribution is -0.117. The zero-order valence-corrected chi connectivity index (χ0v) is 23.1. The number of amides is 1. The summed E-state index contributed by atoms with van der Waals surface area (Å²) >= 11 is 20.0. The first-order chi connectivity index (χ1) is 18.4. The van der Waals surface area contributed by atoms with Crippen LogP contribution >= 0.6 is 46.6 Å². The quantitative estimate of drug-likeness (QED) is 0.241. The molecule has 1 amide bonds. The van der Waals surface area contributed by atoms with Gasteiger partial charge in [0.25, 0.3) is 5.91 Å². The molecule has 0 bridgehead atoms. The monoisotopic (exact) mass is 584 g/mol. The summed E-state index contributed by atoms with van der Waals surface area (Å²) in [6.45, 7) is -0.182. The van der Waals surface area contributed by atoms with E-state index in [1.165, 1.54) is 11.8 Å². The van der Waals surface area contributed by atoms with Crippen molar-refractivity contribution in [1.29, 1.82) is 0 Å². The fourth-order valence-corrected chi connectivity index (χ4v) is 5.91. The number of nitrogens with one attached hydrogen (secondary N) is 1. The van der Waals surface area contributed by atoms with Crippen LogP contribution in [0.2, 0.25) is 15.1 Å². The van der Waals surface area contributed by atoms with Gasteiger partial charge in [0.1, 0.15) is 0 Å². The zero-order valence-electron chi connectivity index (χ0n) is 20.0. The van der Waals surface area contributed by atoms with Crippen LogP contribution in [0.3, 0.4) is 0 Å². The number of hydrogen-bond donors (Lipinski definition) is 2. The number of aromatic nitrogens is 3. The highest BCUT2D eigenvalue weighted by molar-refractivity contribution is 8.04. The molecule has 0 radical (unpaired) electrons. The highest BCUT2D eigenvalue weighted by Crippen LogP contribution is 2.45. The van der Waals surface area contributed by atoms with Crippen LogP contribution in [-0.2, 0) is 11.2 Å². The van der Waals surface area contributed by atoms with Gasteiger partial charge in [0.2, 0.25) is 0 Å². The number of carbonyl (C=O) groups excluding carboxylic acids is 1. The van der Waals surface area contributed by atoms with E-state index >= 15 is 0 Å². The average Bonchev–Trinajstić information content (AvgIpc) is 3.58. The van der Waals surface area contributed by atoms with E-state index in [-0.39, 0.29) is 17.8 Å². The standard InChI is InChI=1S/C28H23Cl3N4O2S/c29-19-5-1-3-17(11-19)12-20(16-36)33-28(37)27-9-8-26(38-27)25-14-24(18-4-2-10-32-15-18)34-35(25)21-6-7-22(30)23(31)13-21/h1-7,9-11,13-15,20,26,36H,8,12,16H2,(H,33,37)/t20-,26?/m0/s1. The lowest BCUT2D eigenvalue weighted by Gasteiger charge is -2.18. The molecule has 2 aromatic heterocycles. The lowest BCUT2D eigenvalue weighted by Crippen LogP contribution is -2.39. The molecule has 0 fully saturated rings. The van der Waals surface area contributed by atoms with Crippen molar-refractivity contribution < 1.29 is 9.90 Å². The Morgan fingerprint density at radius 2 is 1.97 bits per heavy atom. The Morgan fingerprint density at radius 1 is 1.11 bits per heavy atom. The molecule has 0 spiro atoms. The van der Waals surface area contributed by atoms with Gasteiger partial charge < -0.3 is 10.4 Å². The third-order valence-electron chi connectivity index (χ3n) is 6.11. The molecule has 10 heteroatoms. The van der Waals surface area contributed by atoms with Crippen LogP contribution in [0, 0.1) is 0 Å². The SMILES string of the molecule is O=C(N[C@H](CO)Cc1cccc(Cl)c1)C1=CCC(c2cc(-c3cccnc3)nn2-c2ccc(Cl)c(Cl)c2)S1. The number of halogens is 3. The number of carbonyl (C=O) groups is 1. The molecule has 1 unspecified atom stereocenters. The highest BCUT2D eigenvalue weighted by atomic mass is 35.5. The number of allylic oxidation sites excluding steroid dienone is 1. The first kappa shape index (κ1) is 26.8. The lowest BCUT2D eigenvalue weighted by atomic mass is 10.1. The number of hydrogen-bond acceptors (Lipinski definition) is 5. The van der Waals surface area contributed by atoms with Gasteiger partial charge in [-0.15, -0.1) is 11.8 Å². The van der Waals surface area contributed by atoms with E-state index in [9.17, 15) is 9.90 Å². The van der Waals surface area contributed by atoms with Gasteiger partial charge in [-0.1, -0.05) is 53.0 Å². The minimum atomic E-state index is -0.430. The van der Waals surface area contributed by atoms with Crippen LogP contribution in [-0.4, -0.2) is 38.4 Å². The molecular formula is C28H23Cl3N4O2S. The molecule has 3 heterocycles. The fourth-order valence-electron chi connectivity index (χ4n) is 4.26. The summed E-state index contributed by atoms with van der Waals surface area (Å²) in [4.78, 5) is 17.9. The van der Waals surface area contributed by atoms with E-state index in [2.05, 4.69) is 10.3 Å². The van der Waals surface area contributed by atoms with Crippen LogP contribution in [0.15, 0.2) is 84.0 Å². The minimum absolute atomic E-state index is 0.0522. The van der Waals surface area contributed by atoms with E-state index in [1.807, 2.05) is 53.2 Å². The summed E-state index contributed by atoms with van der Waals surface area (Å²) in [5.74, 6) is -0.216. The highest BCUT2D eigenvalue weighted by Gasteiger charge is 2.29. The molecule has 5 rings (SSSR count). The topological polar surface area (TPSA) is 80.0 Å². The van der Waals surface area contributed by atoms with Crippen molar-refractivity contribution in [3.63, 3.8) is 0 Å². The fraction of sp³-hybridized carbons (Fsp3) is 0.179. The van der Waals surface area contributed by atoms with Crippen molar-refractivity contribution in [3.05, 3.63) is 110 Å². The smallest absolute Gasteiger partial charge is 0.257 e.